The van der Waals surface area contributed by atoms with Crippen LogP contribution in [0.2, 0.25) is 0 Å². The summed E-state index contributed by atoms with van der Waals surface area (Å²) in [6.45, 7) is 0.0474. The molecule has 0 fully saturated rings. The Bertz CT molecular complexity index is 1410. The third-order valence-corrected chi connectivity index (χ3v) is 5.19. The minimum Gasteiger partial charge on any atom is -0.475 e. The van der Waals surface area contributed by atoms with E-state index in [0.29, 0.717) is 22.7 Å². The van der Waals surface area contributed by atoms with Crippen LogP contribution in [0.4, 0.5) is 22.7 Å². The predicted octanol–water partition coefficient (Wildman–Crippen LogP) is 2.80. The van der Waals surface area contributed by atoms with Crippen molar-refractivity contribution in [1.82, 2.24) is 19.2 Å². The number of anilines is 1. The van der Waals surface area contributed by atoms with E-state index in [1.807, 2.05) is 24.3 Å². The second-order valence-corrected chi connectivity index (χ2v) is 7.66. The van der Waals surface area contributed by atoms with Crippen molar-refractivity contribution in [3.05, 3.63) is 58.9 Å². The van der Waals surface area contributed by atoms with Gasteiger partial charge in [-0.3, -0.25) is 0 Å². The number of carboxylic acid groups (broad SMARTS) is 1. The highest BCUT2D eigenvalue weighted by Gasteiger charge is 2.38. The summed E-state index contributed by atoms with van der Waals surface area (Å²) in [5, 5.41) is 11.9. The number of carboxylic acids is 1. The highest BCUT2D eigenvalue weighted by Crippen LogP contribution is 2.28. The Kier molecular flexibility index (Phi) is 6.78. The predicted molar refractivity (Wildman–Crippen MR) is 114 cm³/mol. The van der Waals surface area contributed by atoms with Crippen LogP contribution in [-0.2, 0) is 11.3 Å². The Labute approximate surface area is 186 Å². The molecule has 3 aromatic heterocycles. The molecule has 174 valence electrons. The lowest BCUT2D eigenvalue weighted by Crippen LogP contribution is -2.23. The molecule has 0 amide bonds. The third-order valence-electron chi connectivity index (χ3n) is 4.33. The molecule has 0 atom stereocenters. The molecule has 4 aromatic rings. The van der Waals surface area contributed by atoms with Gasteiger partial charge in [0, 0.05) is 12.7 Å². The zero-order valence-corrected chi connectivity index (χ0v) is 17.4. The van der Waals surface area contributed by atoms with Crippen LogP contribution in [0.1, 0.15) is 0 Å². The first-order valence-corrected chi connectivity index (χ1v) is 9.89. The number of rotatable bonds is 4. The maximum Gasteiger partial charge on any atom is 0.490 e. The van der Waals surface area contributed by atoms with Crippen molar-refractivity contribution in [3.63, 3.8) is 0 Å². The molecule has 0 radical (unpaired) electrons. The first-order valence-electron chi connectivity index (χ1n) is 9.07. The van der Waals surface area contributed by atoms with Gasteiger partial charge in [-0.1, -0.05) is 17.4 Å². The van der Waals surface area contributed by atoms with Gasteiger partial charge < -0.3 is 16.6 Å². The van der Waals surface area contributed by atoms with Crippen LogP contribution in [0.5, 0.6) is 0 Å². The molecule has 0 unspecified atom stereocenters. The summed E-state index contributed by atoms with van der Waals surface area (Å²) in [4.78, 5) is 25.7. The van der Waals surface area contributed by atoms with Gasteiger partial charge in [-0.05, 0) is 41.0 Å². The van der Waals surface area contributed by atoms with Crippen LogP contribution in [0.15, 0.2) is 53.2 Å². The van der Waals surface area contributed by atoms with E-state index in [1.54, 1.807) is 12.3 Å². The van der Waals surface area contributed by atoms with E-state index in [4.69, 9.17) is 21.4 Å². The minimum absolute atomic E-state index is 0.0207. The number of benzene rings is 1. The Hall–Kier alpha value is -3.78. The van der Waals surface area contributed by atoms with Gasteiger partial charge in [0.1, 0.15) is 0 Å². The van der Waals surface area contributed by atoms with Gasteiger partial charge in [0.05, 0.1) is 23.1 Å². The zero-order valence-electron chi connectivity index (χ0n) is 16.6. The number of thiazole rings is 1. The highest BCUT2D eigenvalue weighted by molar-refractivity contribution is 7.22. The van der Waals surface area contributed by atoms with Crippen molar-refractivity contribution in [2.24, 2.45) is 5.73 Å². The molecule has 1 aromatic carbocycles. The first-order chi connectivity index (χ1) is 15.5. The average molecular weight is 484 g/mol. The monoisotopic (exact) mass is 484 g/mol. The molecule has 4 rings (SSSR count). The maximum absolute atomic E-state index is 12.7. The summed E-state index contributed by atoms with van der Waals surface area (Å²) in [5.41, 5.74) is 14.2. The van der Waals surface area contributed by atoms with E-state index >= 15 is 0 Å². The summed E-state index contributed by atoms with van der Waals surface area (Å²) in [6, 6.07) is 9.45. The number of halogens is 4. The number of nitrogens with zero attached hydrogens (tertiary/aromatic N) is 4. The number of hydrogen-bond donors (Lipinski definition) is 3. The lowest BCUT2D eigenvalue weighted by atomic mass is 10.1. The summed E-state index contributed by atoms with van der Waals surface area (Å²) in [5.74, 6) is -2.76. The van der Waals surface area contributed by atoms with Crippen LogP contribution in [0.3, 0.4) is 0 Å². The van der Waals surface area contributed by atoms with Crippen molar-refractivity contribution in [2.75, 3.05) is 12.3 Å². The number of aromatic nitrogens is 4. The lowest BCUT2D eigenvalue weighted by Gasteiger charge is -2.02. The van der Waals surface area contributed by atoms with Crippen LogP contribution in [0.25, 0.3) is 27.0 Å². The van der Waals surface area contributed by atoms with Crippen molar-refractivity contribution in [2.45, 2.75) is 12.7 Å². The fourth-order valence-corrected chi connectivity index (χ4v) is 3.47. The molecular formula is C19H16F4N6O3S. The topological polar surface area (TPSA) is 142 Å². The molecule has 0 aliphatic rings. The van der Waals surface area contributed by atoms with Crippen molar-refractivity contribution in [3.8, 4) is 11.1 Å². The third kappa shape index (κ3) is 5.35. The average Bonchev–Trinajstić information content (AvgIpc) is 3.29. The minimum atomic E-state index is -5.08. The maximum atomic E-state index is 12.7. The molecule has 0 aliphatic heterocycles. The molecule has 0 aliphatic carbocycles. The van der Waals surface area contributed by atoms with Crippen molar-refractivity contribution in [1.29, 1.82) is 0 Å². The number of hydrogen-bond acceptors (Lipinski definition) is 7. The number of fused-ring (bicyclic) bond motifs is 2. The van der Waals surface area contributed by atoms with Gasteiger partial charge in [0.15, 0.2) is 10.8 Å². The van der Waals surface area contributed by atoms with E-state index in [-0.39, 0.29) is 18.8 Å². The number of nitrogens with two attached hydrogens (primary N) is 2. The second-order valence-electron chi connectivity index (χ2n) is 6.60. The Morgan fingerprint density at radius 3 is 2.48 bits per heavy atom. The Morgan fingerprint density at radius 2 is 1.88 bits per heavy atom. The van der Waals surface area contributed by atoms with Crippen molar-refractivity contribution >= 4 is 38.3 Å². The second kappa shape index (κ2) is 9.38. The zero-order chi connectivity index (χ0) is 24.3. The van der Waals surface area contributed by atoms with Crippen LogP contribution < -0.4 is 17.2 Å². The molecule has 0 spiro atoms. The fraction of sp³-hybridized carbons (Fsp3) is 0.158. The smallest absolute Gasteiger partial charge is 0.475 e. The number of alkyl halides is 3. The first kappa shape index (κ1) is 23.9. The van der Waals surface area contributed by atoms with E-state index in [0.717, 1.165) is 21.3 Å². The number of aliphatic carboxylic acids is 1. The number of nitrogen functional groups attached to an aromatic ring is 1. The van der Waals surface area contributed by atoms with E-state index in [9.17, 15) is 22.4 Å². The van der Waals surface area contributed by atoms with E-state index in [1.165, 1.54) is 20.4 Å². The molecule has 0 bridgehead atoms. The van der Waals surface area contributed by atoms with Gasteiger partial charge >= 0.3 is 17.8 Å². The van der Waals surface area contributed by atoms with Crippen molar-refractivity contribution < 1.29 is 27.5 Å². The van der Waals surface area contributed by atoms with Gasteiger partial charge in [-0.2, -0.15) is 13.2 Å². The van der Waals surface area contributed by atoms with E-state index in [2.05, 4.69) is 10.1 Å². The lowest BCUT2D eigenvalue weighted by molar-refractivity contribution is -0.192. The van der Waals surface area contributed by atoms with Crippen LogP contribution in [0, 0.1) is 0 Å². The summed E-state index contributed by atoms with van der Waals surface area (Å²) >= 11 is 1.43. The molecule has 0 saturated heterocycles. The summed E-state index contributed by atoms with van der Waals surface area (Å²) < 4.78 is 48.1. The SMILES string of the molecule is NC/C(=C\F)Cn1nc2ccc(-c3ccc4sc(N)nc4c3)cn2c1=O.O=C(O)C(F)(F)F. The number of carbonyl (C=O) groups is 1. The van der Waals surface area contributed by atoms with Gasteiger partial charge in [-0.25, -0.2) is 28.0 Å². The molecule has 33 heavy (non-hydrogen) atoms. The summed E-state index contributed by atoms with van der Waals surface area (Å²) in [6.07, 6.45) is -2.96. The molecular weight excluding hydrogens is 468 g/mol. The standard InChI is InChI=1S/C17H15FN6OS.C2HF3O2/c18-6-10(7-19)8-24-17(25)23-9-12(2-4-15(23)22-24)11-1-3-14-13(5-11)21-16(20)26-14;3-2(4,5)1(6)7/h1-6,9H,7-8,19H2,(H2,20,21);(H,6,7)/b10-6+;. The van der Waals surface area contributed by atoms with E-state index < -0.39 is 12.1 Å². The fourth-order valence-electron chi connectivity index (χ4n) is 2.75. The Balaban J connectivity index is 0.000000383. The Morgan fingerprint density at radius 1 is 1.21 bits per heavy atom. The molecule has 0 saturated carbocycles. The molecule has 3 heterocycles. The van der Waals surface area contributed by atoms with Gasteiger partial charge in [-0.15, -0.1) is 5.10 Å². The molecule has 5 N–H and O–H groups in total. The largest absolute Gasteiger partial charge is 0.490 e. The van der Waals surface area contributed by atoms with Gasteiger partial charge in [0.25, 0.3) is 0 Å². The van der Waals surface area contributed by atoms with Crippen LogP contribution >= 0.6 is 11.3 Å². The highest BCUT2D eigenvalue weighted by atomic mass is 32.1. The molecule has 14 heteroatoms. The normalized spacial score (nSPS) is 12.1. The van der Waals surface area contributed by atoms with Gasteiger partial charge in [0.2, 0.25) is 0 Å². The number of pyridine rings is 1. The quantitative estimate of drug-likeness (QED) is 0.378. The van der Waals surface area contributed by atoms with Crippen LogP contribution in [-0.4, -0.2) is 43.0 Å². The molecule has 9 nitrogen and oxygen atoms in total. The summed E-state index contributed by atoms with van der Waals surface area (Å²) in [7, 11) is 0.